The van der Waals surface area contributed by atoms with Crippen molar-refractivity contribution in [1.29, 1.82) is 0 Å². The number of benzene rings is 2. The van der Waals surface area contributed by atoms with Crippen LogP contribution in [0.15, 0.2) is 60.7 Å². The standard InChI is InChI=1S/C22H30N2/c1-19(20-12-6-3-7-13-20)23(2)22(21-14-8-4-9-15-21)18-24-16-10-5-11-17-24/h3-4,6-9,12-15,19,22H,5,10-11,16-18H2,1-2H3/t19-,22+/m0/s1. The number of piperidine rings is 1. The van der Waals surface area contributed by atoms with Crippen molar-refractivity contribution in [2.45, 2.75) is 38.3 Å². The summed E-state index contributed by atoms with van der Waals surface area (Å²) in [4.78, 5) is 5.19. The largest absolute Gasteiger partial charge is 0.301 e. The van der Waals surface area contributed by atoms with Crippen LogP contribution in [0, 0.1) is 0 Å². The molecule has 1 saturated heterocycles. The molecule has 0 spiro atoms. The molecule has 2 aromatic rings. The summed E-state index contributed by atoms with van der Waals surface area (Å²) in [6.45, 7) is 5.94. The molecule has 2 heteroatoms. The highest BCUT2D eigenvalue weighted by molar-refractivity contribution is 5.22. The summed E-state index contributed by atoms with van der Waals surface area (Å²) in [5, 5.41) is 0. The van der Waals surface area contributed by atoms with Gasteiger partial charge < -0.3 is 4.90 Å². The van der Waals surface area contributed by atoms with E-state index in [4.69, 9.17) is 0 Å². The van der Waals surface area contributed by atoms with Gasteiger partial charge in [0.25, 0.3) is 0 Å². The first-order chi connectivity index (χ1) is 11.8. The van der Waals surface area contributed by atoms with E-state index in [0.717, 1.165) is 6.54 Å². The second-order valence-corrected chi connectivity index (χ2v) is 7.04. The van der Waals surface area contributed by atoms with Crippen LogP contribution in [0.1, 0.15) is 49.4 Å². The number of rotatable bonds is 6. The van der Waals surface area contributed by atoms with Gasteiger partial charge in [-0.3, -0.25) is 4.90 Å². The number of likely N-dealkylation sites (tertiary alicyclic amines) is 1. The Morgan fingerprint density at radius 1 is 0.833 bits per heavy atom. The smallest absolute Gasteiger partial charge is 0.0478 e. The molecule has 0 aliphatic carbocycles. The van der Waals surface area contributed by atoms with Crippen LogP contribution in [-0.2, 0) is 0 Å². The average molecular weight is 322 g/mol. The number of hydrogen-bond acceptors (Lipinski definition) is 2. The van der Waals surface area contributed by atoms with E-state index < -0.39 is 0 Å². The first kappa shape index (κ1) is 17.2. The van der Waals surface area contributed by atoms with Gasteiger partial charge in [0.05, 0.1) is 0 Å². The molecule has 0 unspecified atom stereocenters. The summed E-state index contributed by atoms with van der Waals surface area (Å²) < 4.78 is 0. The van der Waals surface area contributed by atoms with Crippen LogP contribution < -0.4 is 0 Å². The van der Waals surface area contributed by atoms with Gasteiger partial charge in [-0.05, 0) is 51.0 Å². The summed E-state index contributed by atoms with van der Waals surface area (Å²) >= 11 is 0. The first-order valence-corrected chi connectivity index (χ1v) is 9.30. The number of hydrogen-bond donors (Lipinski definition) is 0. The Labute approximate surface area is 147 Å². The summed E-state index contributed by atoms with van der Waals surface area (Å²) in [7, 11) is 2.28. The Morgan fingerprint density at radius 3 is 1.96 bits per heavy atom. The topological polar surface area (TPSA) is 6.48 Å². The molecule has 3 rings (SSSR count). The maximum Gasteiger partial charge on any atom is 0.0478 e. The van der Waals surface area contributed by atoms with E-state index in [1.807, 2.05) is 0 Å². The van der Waals surface area contributed by atoms with Crippen molar-refractivity contribution in [3.63, 3.8) is 0 Å². The van der Waals surface area contributed by atoms with Crippen molar-refractivity contribution in [3.05, 3.63) is 71.8 Å². The maximum absolute atomic E-state index is 2.65. The third-order valence-corrected chi connectivity index (χ3v) is 5.45. The highest BCUT2D eigenvalue weighted by Gasteiger charge is 2.25. The van der Waals surface area contributed by atoms with Gasteiger partial charge in [-0.1, -0.05) is 67.1 Å². The molecule has 2 atom stereocenters. The van der Waals surface area contributed by atoms with Gasteiger partial charge in [0.15, 0.2) is 0 Å². The van der Waals surface area contributed by atoms with E-state index in [0.29, 0.717) is 12.1 Å². The molecule has 0 N–H and O–H groups in total. The molecule has 1 heterocycles. The second-order valence-electron chi connectivity index (χ2n) is 7.04. The Bertz CT molecular complexity index is 590. The van der Waals surface area contributed by atoms with E-state index in [1.165, 1.54) is 43.5 Å². The lowest BCUT2D eigenvalue weighted by atomic mass is 9.99. The lowest BCUT2D eigenvalue weighted by molar-refractivity contribution is 0.118. The molecule has 24 heavy (non-hydrogen) atoms. The van der Waals surface area contributed by atoms with Crippen LogP contribution in [0.4, 0.5) is 0 Å². The van der Waals surface area contributed by atoms with Crippen LogP contribution in [0.3, 0.4) is 0 Å². The van der Waals surface area contributed by atoms with Crippen molar-refractivity contribution in [3.8, 4) is 0 Å². The van der Waals surface area contributed by atoms with Crippen LogP contribution in [0.25, 0.3) is 0 Å². The van der Waals surface area contributed by atoms with Crippen LogP contribution in [0.2, 0.25) is 0 Å². The fourth-order valence-electron chi connectivity index (χ4n) is 3.77. The van der Waals surface area contributed by atoms with Gasteiger partial charge in [-0.15, -0.1) is 0 Å². The third kappa shape index (κ3) is 4.25. The molecular formula is C22H30N2. The molecule has 1 aliphatic heterocycles. The fraction of sp³-hybridized carbons (Fsp3) is 0.455. The van der Waals surface area contributed by atoms with E-state index in [9.17, 15) is 0 Å². The number of likely N-dealkylation sites (N-methyl/N-ethyl adjacent to an activating group) is 1. The molecule has 2 aromatic carbocycles. The molecular weight excluding hydrogens is 292 g/mol. The average Bonchev–Trinajstić information content (AvgIpc) is 2.67. The van der Waals surface area contributed by atoms with Crippen molar-refractivity contribution < 1.29 is 0 Å². The van der Waals surface area contributed by atoms with E-state index in [-0.39, 0.29) is 0 Å². The highest BCUT2D eigenvalue weighted by atomic mass is 15.2. The van der Waals surface area contributed by atoms with Crippen LogP contribution in [-0.4, -0.2) is 36.5 Å². The summed E-state index contributed by atoms with van der Waals surface area (Å²) in [5.74, 6) is 0. The lowest BCUT2D eigenvalue weighted by Crippen LogP contribution is -2.39. The molecule has 1 fully saturated rings. The normalized spacial score (nSPS) is 18.5. The van der Waals surface area contributed by atoms with Gasteiger partial charge >= 0.3 is 0 Å². The Kier molecular flexibility index (Phi) is 6.06. The van der Waals surface area contributed by atoms with E-state index >= 15 is 0 Å². The van der Waals surface area contributed by atoms with Gasteiger partial charge in [-0.2, -0.15) is 0 Å². The molecule has 128 valence electrons. The quantitative estimate of drug-likeness (QED) is 0.746. The molecule has 2 nitrogen and oxygen atoms in total. The van der Waals surface area contributed by atoms with Crippen LogP contribution in [0.5, 0.6) is 0 Å². The molecule has 0 saturated carbocycles. The minimum Gasteiger partial charge on any atom is -0.301 e. The maximum atomic E-state index is 2.65. The Balaban J connectivity index is 1.80. The van der Waals surface area contributed by atoms with E-state index in [2.05, 4.69) is 84.4 Å². The van der Waals surface area contributed by atoms with Crippen molar-refractivity contribution in [2.75, 3.05) is 26.7 Å². The highest BCUT2D eigenvalue weighted by Crippen LogP contribution is 2.30. The zero-order valence-corrected chi connectivity index (χ0v) is 15.1. The summed E-state index contributed by atoms with van der Waals surface area (Å²) in [5.41, 5.74) is 2.81. The SMILES string of the molecule is C[C@@H](c1ccccc1)N(C)[C@H](CN1CCCCC1)c1ccccc1. The molecule has 0 aromatic heterocycles. The third-order valence-electron chi connectivity index (χ3n) is 5.45. The minimum atomic E-state index is 0.404. The monoisotopic (exact) mass is 322 g/mol. The van der Waals surface area contributed by atoms with Crippen molar-refractivity contribution in [1.82, 2.24) is 9.80 Å². The van der Waals surface area contributed by atoms with Gasteiger partial charge in [0.1, 0.15) is 0 Å². The fourth-order valence-corrected chi connectivity index (χ4v) is 3.77. The first-order valence-electron chi connectivity index (χ1n) is 9.30. The summed E-state index contributed by atoms with van der Waals surface area (Å²) in [6, 6.07) is 22.7. The Morgan fingerprint density at radius 2 is 1.38 bits per heavy atom. The molecule has 1 aliphatic rings. The van der Waals surface area contributed by atoms with Crippen molar-refractivity contribution in [2.24, 2.45) is 0 Å². The van der Waals surface area contributed by atoms with Gasteiger partial charge in [0.2, 0.25) is 0 Å². The van der Waals surface area contributed by atoms with Crippen molar-refractivity contribution >= 4 is 0 Å². The zero-order chi connectivity index (χ0) is 16.8. The lowest BCUT2D eigenvalue weighted by Gasteiger charge is -2.38. The molecule has 0 radical (unpaired) electrons. The van der Waals surface area contributed by atoms with Gasteiger partial charge in [-0.25, -0.2) is 0 Å². The van der Waals surface area contributed by atoms with Gasteiger partial charge in [0, 0.05) is 18.6 Å². The number of nitrogens with zero attached hydrogens (tertiary/aromatic N) is 2. The Hall–Kier alpha value is -1.64. The predicted molar refractivity (Wildman–Crippen MR) is 102 cm³/mol. The summed E-state index contributed by atoms with van der Waals surface area (Å²) in [6.07, 6.45) is 4.09. The molecule has 0 amide bonds. The molecule has 0 bridgehead atoms. The second kappa shape index (κ2) is 8.46. The van der Waals surface area contributed by atoms with Crippen LogP contribution >= 0.6 is 0 Å². The van der Waals surface area contributed by atoms with E-state index in [1.54, 1.807) is 0 Å². The zero-order valence-electron chi connectivity index (χ0n) is 15.1. The predicted octanol–water partition coefficient (Wildman–Crippen LogP) is 4.91. The minimum absolute atomic E-state index is 0.404.